The minimum Gasteiger partial charge on any atom is -0.339 e. The van der Waals surface area contributed by atoms with Gasteiger partial charge in [0.2, 0.25) is 21.8 Å². The van der Waals surface area contributed by atoms with E-state index in [0.717, 1.165) is 37.5 Å². The number of anilines is 2. The Morgan fingerprint density at radius 3 is 2.55 bits per heavy atom. The van der Waals surface area contributed by atoms with E-state index in [2.05, 4.69) is 10.3 Å². The molecule has 2 amide bonds. The van der Waals surface area contributed by atoms with E-state index in [1.807, 2.05) is 10.3 Å². The number of thiazole rings is 1. The van der Waals surface area contributed by atoms with Crippen LogP contribution in [0.2, 0.25) is 0 Å². The molecule has 2 aromatic rings. The lowest BCUT2D eigenvalue weighted by molar-refractivity contribution is -0.129. The highest BCUT2D eigenvalue weighted by Gasteiger charge is 2.38. The molecule has 4 rings (SSSR count). The summed E-state index contributed by atoms with van der Waals surface area (Å²) in [7, 11) is -1.82. The molecule has 0 radical (unpaired) electrons. The first-order valence-corrected chi connectivity index (χ1v) is 13.1. The number of benzene rings is 1. The molecule has 1 saturated carbocycles. The highest BCUT2D eigenvalue weighted by molar-refractivity contribution is 7.92. The SMILES string of the molecule is CN(c1ccc(-c2csc(NC(=O)C3CC(=O)N(C4CCCC4)C3)n2)cc1)S(C)(=O)=O. The van der Waals surface area contributed by atoms with Gasteiger partial charge in [0.1, 0.15) is 0 Å². The average Bonchev–Trinajstić information content (AvgIpc) is 3.47. The van der Waals surface area contributed by atoms with Gasteiger partial charge in [0.25, 0.3) is 0 Å². The molecule has 2 aliphatic rings. The summed E-state index contributed by atoms with van der Waals surface area (Å²) in [5, 5.41) is 5.19. The van der Waals surface area contributed by atoms with Crippen molar-refractivity contribution in [3.63, 3.8) is 0 Å². The number of rotatable bonds is 6. The van der Waals surface area contributed by atoms with E-state index in [0.29, 0.717) is 29.1 Å². The van der Waals surface area contributed by atoms with Gasteiger partial charge in [-0.2, -0.15) is 0 Å². The minimum absolute atomic E-state index is 0.0750. The number of hydrogen-bond acceptors (Lipinski definition) is 6. The Balaban J connectivity index is 1.39. The van der Waals surface area contributed by atoms with Crippen LogP contribution in [0.25, 0.3) is 11.3 Å². The largest absolute Gasteiger partial charge is 0.339 e. The van der Waals surface area contributed by atoms with E-state index in [1.165, 1.54) is 22.7 Å². The highest BCUT2D eigenvalue weighted by Crippen LogP contribution is 2.31. The fourth-order valence-corrected chi connectivity index (χ4v) is 5.41. The maximum absolute atomic E-state index is 12.7. The van der Waals surface area contributed by atoms with Gasteiger partial charge in [-0.05, 0) is 25.0 Å². The van der Waals surface area contributed by atoms with Gasteiger partial charge >= 0.3 is 0 Å². The molecule has 8 nitrogen and oxygen atoms in total. The minimum atomic E-state index is -3.32. The molecular formula is C21H26N4O4S2. The molecule has 31 heavy (non-hydrogen) atoms. The monoisotopic (exact) mass is 462 g/mol. The van der Waals surface area contributed by atoms with E-state index < -0.39 is 10.0 Å². The lowest BCUT2D eigenvalue weighted by atomic mass is 10.1. The summed E-state index contributed by atoms with van der Waals surface area (Å²) in [6.07, 6.45) is 5.79. The number of nitrogens with zero attached hydrogens (tertiary/aromatic N) is 3. The summed E-state index contributed by atoms with van der Waals surface area (Å²) >= 11 is 1.33. The van der Waals surface area contributed by atoms with Crippen molar-refractivity contribution in [2.75, 3.05) is 29.5 Å². The molecule has 1 aliphatic heterocycles. The summed E-state index contributed by atoms with van der Waals surface area (Å²) < 4.78 is 24.5. The molecule has 1 N–H and O–H groups in total. The number of carbonyl (C=O) groups is 2. The Bertz CT molecular complexity index is 1080. The predicted molar refractivity (Wildman–Crippen MR) is 122 cm³/mol. The van der Waals surface area contributed by atoms with Crippen LogP contribution in [0.15, 0.2) is 29.6 Å². The van der Waals surface area contributed by atoms with E-state index in [1.54, 1.807) is 24.3 Å². The van der Waals surface area contributed by atoms with Crippen LogP contribution in [-0.2, 0) is 19.6 Å². The Labute approximate surface area is 186 Å². The Morgan fingerprint density at radius 1 is 1.23 bits per heavy atom. The molecule has 166 valence electrons. The zero-order chi connectivity index (χ0) is 22.2. The van der Waals surface area contributed by atoms with Gasteiger partial charge in [0.05, 0.1) is 23.6 Å². The fourth-order valence-electron chi connectivity index (χ4n) is 4.18. The van der Waals surface area contributed by atoms with Crippen molar-refractivity contribution in [2.45, 2.75) is 38.1 Å². The topological polar surface area (TPSA) is 99.7 Å². The van der Waals surface area contributed by atoms with Crippen molar-refractivity contribution < 1.29 is 18.0 Å². The molecule has 2 fully saturated rings. The van der Waals surface area contributed by atoms with Gasteiger partial charge in [-0.15, -0.1) is 11.3 Å². The van der Waals surface area contributed by atoms with Crippen LogP contribution in [0.5, 0.6) is 0 Å². The quantitative estimate of drug-likeness (QED) is 0.712. The van der Waals surface area contributed by atoms with Crippen LogP contribution >= 0.6 is 11.3 Å². The third-order valence-electron chi connectivity index (χ3n) is 6.05. The molecule has 0 spiro atoms. The fraction of sp³-hybridized carbons (Fsp3) is 0.476. The molecule has 1 aromatic carbocycles. The molecule has 2 heterocycles. The maximum Gasteiger partial charge on any atom is 0.231 e. The Kier molecular flexibility index (Phi) is 6.02. The van der Waals surface area contributed by atoms with Crippen molar-refractivity contribution in [3.05, 3.63) is 29.6 Å². The number of hydrogen-bond donors (Lipinski definition) is 1. The van der Waals surface area contributed by atoms with Crippen LogP contribution in [0.1, 0.15) is 32.1 Å². The summed E-state index contributed by atoms with van der Waals surface area (Å²) in [4.78, 5) is 31.4. The standard InChI is InChI=1S/C21H26N4O4S2/c1-24(31(2,28)29)16-9-7-14(8-10-16)18-13-30-21(22-18)23-20(27)15-11-19(26)25(12-15)17-5-3-4-6-17/h7-10,13,15,17H,3-6,11-12H2,1-2H3,(H,22,23,27). The van der Waals surface area contributed by atoms with E-state index in [4.69, 9.17) is 0 Å². The van der Waals surface area contributed by atoms with Crippen LogP contribution in [0.4, 0.5) is 10.8 Å². The van der Waals surface area contributed by atoms with Gasteiger partial charge < -0.3 is 10.2 Å². The smallest absolute Gasteiger partial charge is 0.231 e. The second-order valence-electron chi connectivity index (χ2n) is 8.19. The van der Waals surface area contributed by atoms with Gasteiger partial charge in [0.15, 0.2) is 5.13 Å². The van der Waals surface area contributed by atoms with Crippen LogP contribution in [0.3, 0.4) is 0 Å². The van der Waals surface area contributed by atoms with Crippen molar-refractivity contribution in [1.29, 1.82) is 0 Å². The highest BCUT2D eigenvalue weighted by atomic mass is 32.2. The van der Waals surface area contributed by atoms with Gasteiger partial charge in [-0.1, -0.05) is 25.0 Å². The molecule has 1 unspecified atom stereocenters. The number of likely N-dealkylation sites (tertiary alicyclic amines) is 1. The first kappa shape index (κ1) is 21.8. The lowest BCUT2D eigenvalue weighted by Crippen LogP contribution is -2.35. The second-order valence-corrected chi connectivity index (χ2v) is 11.1. The van der Waals surface area contributed by atoms with Crippen molar-refractivity contribution in [3.8, 4) is 11.3 Å². The number of aromatic nitrogens is 1. The average molecular weight is 463 g/mol. The molecule has 10 heteroatoms. The van der Waals surface area contributed by atoms with Crippen molar-refractivity contribution in [1.82, 2.24) is 9.88 Å². The number of nitrogens with one attached hydrogen (secondary N) is 1. The molecule has 1 atom stereocenters. The number of carbonyl (C=O) groups excluding carboxylic acids is 2. The van der Waals surface area contributed by atoms with Gasteiger partial charge in [-0.3, -0.25) is 13.9 Å². The van der Waals surface area contributed by atoms with E-state index in [9.17, 15) is 18.0 Å². The summed E-state index contributed by atoms with van der Waals surface area (Å²) in [5.74, 6) is -0.433. The van der Waals surface area contributed by atoms with E-state index >= 15 is 0 Å². The third kappa shape index (κ3) is 4.74. The maximum atomic E-state index is 12.7. The Morgan fingerprint density at radius 2 is 1.90 bits per heavy atom. The van der Waals surface area contributed by atoms with E-state index in [-0.39, 0.29) is 24.2 Å². The molecule has 0 bridgehead atoms. The Hall–Kier alpha value is -2.46. The van der Waals surface area contributed by atoms with Crippen LogP contribution in [-0.4, -0.2) is 56.0 Å². The van der Waals surface area contributed by atoms with Crippen molar-refractivity contribution >= 4 is 44.0 Å². The molecule has 1 aliphatic carbocycles. The van der Waals surface area contributed by atoms with Crippen molar-refractivity contribution in [2.24, 2.45) is 5.92 Å². The van der Waals surface area contributed by atoms with Crippen LogP contribution in [0, 0.1) is 5.92 Å². The molecule has 1 saturated heterocycles. The third-order valence-corrected chi connectivity index (χ3v) is 8.02. The lowest BCUT2D eigenvalue weighted by Gasteiger charge is -2.23. The summed E-state index contributed by atoms with van der Waals surface area (Å²) in [6, 6.07) is 7.33. The predicted octanol–water partition coefficient (Wildman–Crippen LogP) is 2.94. The molecule has 1 aromatic heterocycles. The van der Waals surface area contributed by atoms with Crippen LogP contribution < -0.4 is 9.62 Å². The van der Waals surface area contributed by atoms with Gasteiger partial charge in [-0.25, -0.2) is 13.4 Å². The van der Waals surface area contributed by atoms with Gasteiger partial charge in [0, 0.05) is 37.0 Å². The molecular weight excluding hydrogens is 436 g/mol. The second kappa shape index (κ2) is 8.58. The number of amides is 2. The number of sulfonamides is 1. The zero-order valence-electron chi connectivity index (χ0n) is 17.6. The summed E-state index contributed by atoms with van der Waals surface area (Å²) in [5.41, 5.74) is 2.09. The zero-order valence-corrected chi connectivity index (χ0v) is 19.2. The first-order chi connectivity index (χ1) is 14.7. The summed E-state index contributed by atoms with van der Waals surface area (Å²) in [6.45, 7) is 0.489. The normalized spacial score (nSPS) is 19.7. The first-order valence-electron chi connectivity index (χ1n) is 10.3.